The zero-order valence-corrected chi connectivity index (χ0v) is 10.7. The third-order valence-corrected chi connectivity index (χ3v) is 3.16. The van der Waals surface area contributed by atoms with E-state index in [1.165, 1.54) is 11.3 Å². The molecule has 16 heavy (non-hydrogen) atoms. The highest BCUT2D eigenvalue weighted by atomic mass is 35.5. The third kappa shape index (κ3) is 2.38. The summed E-state index contributed by atoms with van der Waals surface area (Å²) >= 11 is 7.11. The molecule has 0 aromatic carbocycles. The van der Waals surface area contributed by atoms with Crippen LogP contribution in [-0.4, -0.2) is 25.0 Å². The van der Waals surface area contributed by atoms with E-state index < -0.39 is 0 Å². The quantitative estimate of drug-likeness (QED) is 0.840. The minimum Gasteiger partial charge on any atom is -0.243 e. The molecule has 2 aromatic rings. The zero-order chi connectivity index (χ0) is 11.5. The molecule has 7 heteroatoms. The molecule has 0 aliphatic heterocycles. The summed E-state index contributed by atoms with van der Waals surface area (Å²) in [5.74, 6) is 1.84. The number of aryl methyl sites for hydroxylation is 2. The summed E-state index contributed by atoms with van der Waals surface area (Å²) in [6.07, 6.45) is 1.70. The van der Waals surface area contributed by atoms with Crippen molar-refractivity contribution < 1.29 is 0 Å². The Morgan fingerprint density at radius 2 is 2.06 bits per heavy atom. The van der Waals surface area contributed by atoms with Gasteiger partial charge in [0, 0.05) is 12.8 Å². The Bertz CT molecular complexity index is 478. The van der Waals surface area contributed by atoms with E-state index in [4.69, 9.17) is 11.6 Å². The maximum Gasteiger partial charge on any atom is 0.207 e. The van der Waals surface area contributed by atoms with Gasteiger partial charge in [-0.1, -0.05) is 25.2 Å². The van der Waals surface area contributed by atoms with Gasteiger partial charge in [-0.15, -0.1) is 10.2 Å². The first-order valence-corrected chi connectivity index (χ1v) is 6.32. The average Bonchev–Trinajstić information content (AvgIpc) is 2.85. The van der Waals surface area contributed by atoms with Crippen molar-refractivity contribution in [2.75, 3.05) is 0 Å². The van der Waals surface area contributed by atoms with Gasteiger partial charge in [-0.25, -0.2) is 9.67 Å². The molecule has 86 valence electrons. The molecule has 5 nitrogen and oxygen atoms in total. The van der Waals surface area contributed by atoms with E-state index in [1.807, 2.05) is 11.6 Å². The lowest BCUT2D eigenvalue weighted by Crippen LogP contribution is -2.06. The molecule has 0 saturated heterocycles. The Morgan fingerprint density at radius 1 is 1.25 bits per heavy atom. The van der Waals surface area contributed by atoms with Crippen LogP contribution in [0.4, 0.5) is 0 Å². The molecule has 0 unspecified atom stereocenters. The largest absolute Gasteiger partial charge is 0.243 e. The van der Waals surface area contributed by atoms with Gasteiger partial charge in [0.2, 0.25) is 4.47 Å². The summed E-state index contributed by atoms with van der Waals surface area (Å²) in [4.78, 5) is 4.43. The van der Waals surface area contributed by atoms with Gasteiger partial charge in [0.25, 0.3) is 0 Å². The van der Waals surface area contributed by atoms with Gasteiger partial charge in [0.05, 0.1) is 6.54 Å². The minimum atomic E-state index is 0.462. The van der Waals surface area contributed by atoms with Crippen molar-refractivity contribution in [2.24, 2.45) is 0 Å². The van der Waals surface area contributed by atoms with Gasteiger partial charge in [0.15, 0.2) is 5.82 Å². The van der Waals surface area contributed by atoms with Crippen LogP contribution in [-0.2, 0) is 19.4 Å². The first kappa shape index (κ1) is 11.5. The Kier molecular flexibility index (Phi) is 3.50. The molecule has 0 radical (unpaired) electrons. The summed E-state index contributed by atoms with van der Waals surface area (Å²) < 4.78 is 2.33. The van der Waals surface area contributed by atoms with Gasteiger partial charge in [-0.05, 0) is 11.6 Å². The highest BCUT2D eigenvalue weighted by molar-refractivity contribution is 7.15. The first-order valence-electron chi connectivity index (χ1n) is 5.13. The Balaban J connectivity index is 2.22. The SMILES string of the molecule is CCc1nc(CC)n(Cc2nnc(Cl)s2)n1. The van der Waals surface area contributed by atoms with Crippen LogP contribution in [0, 0.1) is 0 Å². The van der Waals surface area contributed by atoms with Crippen LogP contribution in [0.25, 0.3) is 0 Å². The van der Waals surface area contributed by atoms with E-state index in [2.05, 4.69) is 27.2 Å². The predicted octanol–water partition coefficient (Wildman–Crippen LogP) is 1.96. The average molecular weight is 258 g/mol. The summed E-state index contributed by atoms with van der Waals surface area (Å²) in [6, 6.07) is 0. The lowest BCUT2D eigenvalue weighted by atomic mass is 10.4. The molecule has 0 amide bonds. The summed E-state index contributed by atoms with van der Waals surface area (Å²) in [7, 11) is 0. The zero-order valence-electron chi connectivity index (χ0n) is 9.14. The fourth-order valence-electron chi connectivity index (χ4n) is 1.39. The van der Waals surface area contributed by atoms with Crippen LogP contribution in [0.15, 0.2) is 0 Å². The number of hydrogen-bond donors (Lipinski definition) is 0. The molecule has 0 atom stereocenters. The number of halogens is 1. The lowest BCUT2D eigenvalue weighted by molar-refractivity contribution is 0.630. The topological polar surface area (TPSA) is 56.5 Å². The predicted molar refractivity (Wildman–Crippen MR) is 62.8 cm³/mol. The molecule has 2 aromatic heterocycles. The van der Waals surface area contributed by atoms with Gasteiger partial charge < -0.3 is 0 Å². The van der Waals surface area contributed by atoms with Crippen molar-refractivity contribution >= 4 is 22.9 Å². The first-order chi connectivity index (χ1) is 7.72. The van der Waals surface area contributed by atoms with Gasteiger partial charge >= 0.3 is 0 Å². The highest BCUT2D eigenvalue weighted by Gasteiger charge is 2.10. The van der Waals surface area contributed by atoms with Crippen LogP contribution in [0.1, 0.15) is 30.5 Å². The fraction of sp³-hybridized carbons (Fsp3) is 0.556. The molecule has 0 spiro atoms. The lowest BCUT2D eigenvalue weighted by Gasteiger charge is -1.99. The number of nitrogens with zero attached hydrogens (tertiary/aromatic N) is 5. The van der Waals surface area contributed by atoms with E-state index in [1.54, 1.807) is 0 Å². The highest BCUT2D eigenvalue weighted by Crippen LogP contribution is 2.16. The minimum absolute atomic E-state index is 0.462. The second-order valence-electron chi connectivity index (χ2n) is 3.26. The smallest absolute Gasteiger partial charge is 0.207 e. The molecule has 0 aliphatic rings. The molecule has 2 heterocycles. The van der Waals surface area contributed by atoms with Crippen LogP contribution in [0.5, 0.6) is 0 Å². The summed E-state index contributed by atoms with van der Waals surface area (Å²) in [5, 5.41) is 13.0. The summed E-state index contributed by atoms with van der Waals surface area (Å²) in [6.45, 7) is 4.70. The standard InChI is InChI=1S/C9H12ClN5S/c1-3-6-11-7(4-2)15(14-6)5-8-12-13-9(10)16-8/h3-5H2,1-2H3. The fourth-order valence-corrected chi connectivity index (χ4v) is 2.24. The van der Waals surface area contributed by atoms with Crippen molar-refractivity contribution in [3.8, 4) is 0 Å². The molecular formula is C9H12ClN5S. The van der Waals surface area contributed by atoms with E-state index in [0.29, 0.717) is 11.0 Å². The van der Waals surface area contributed by atoms with Crippen molar-refractivity contribution in [1.29, 1.82) is 0 Å². The van der Waals surface area contributed by atoms with Crippen LogP contribution >= 0.6 is 22.9 Å². The van der Waals surface area contributed by atoms with Crippen molar-refractivity contribution in [2.45, 2.75) is 33.2 Å². The van der Waals surface area contributed by atoms with Gasteiger partial charge in [-0.2, -0.15) is 5.10 Å². The molecule has 0 N–H and O–H groups in total. The number of hydrogen-bond acceptors (Lipinski definition) is 5. The van der Waals surface area contributed by atoms with E-state index in [9.17, 15) is 0 Å². The van der Waals surface area contributed by atoms with E-state index in [0.717, 1.165) is 29.5 Å². The normalized spacial score (nSPS) is 10.9. The van der Waals surface area contributed by atoms with E-state index >= 15 is 0 Å². The second-order valence-corrected chi connectivity index (χ2v) is 4.90. The monoisotopic (exact) mass is 257 g/mol. The molecule has 2 rings (SSSR count). The second kappa shape index (κ2) is 4.88. The Labute approximate surface area is 102 Å². The number of rotatable bonds is 4. The number of aromatic nitrogens is 5. The van der Waals surface area contributed by atoms with E-state index in [-0.39, 0.29) is 0 Å². The maximum atomic E-state index is 5.73. The van der Waals surface area contributed by atoms with Gasteiger partial charge in [-0.3, -0.25) is 0 Å². The van der Waals surface area contributed by atoms with Crippen molar-refractivity contribution in [3.05, 3.63) is 21.1 Å². The Hall–Kier alpha value is -1.01. The van der Waals surface area contributed by atoms with Crippen LogP contribution < -0.4 is 0 Å². The summed E-state index contributed by atoms with van der Waals surface area (Å²) in [5.41, 5.74) is 0. The van der Waals surface area contributed by atoms with Crippen LogP contribution in [0.3, 0.4) is 0 Å². The molecular weight excluding hydrogens is 246 g/mol. The van der Waals surface area contributed by atoms with Gasteiger partial charge in [0.1, 0.15) is 10.8 Å². The maximum absolute atomic E-state index is 5.73. The molecule has 0 fully saturated rings. The third-order valence-electron chi connectivity index (χ3n) is 2.15. The molecule has 0 bridgehead atoms. The molecule has 0 saturated carbocycles. The van der Waals surface area contributed by atoms with Crippen molar-refractivity contribution in [1.82, 2.24) is 25.0 Å². The van der Waals surface area contributed by atoms with Crippen molar-refractivity contribution in [3.63, 3.8) is 0 Å². The Morgan fingerprint density at radius 3 is 2.62 bits per heavy atom. The molecule has 0 aliphatic carbocycles. The van der Waals surface area contributed by atoms with Crippen LogP contribution in [0.2, 0.25) is 4.47 Å².